The van der Waals surface area contributed by atoms with Gasteiger partial charge in [0.2, 0.25) is 0 Å². The standard InChI is InChI=1S/C14H19N3O2/c1-3-11-7-13(17(4-2)16-11)10-19-14-6-5-12(9-18)15-8-14/h5-8,18H,3-4,9-10H2,1-2H3. The van der Waals surface area contributed by atoms with Crippen LogP contribution in [-0.4, -0.2) is 19.9 Å². The van der Waals surface area contributed by atoms with Gasteiger partial charge < -0.3 is 9.84 Å². The fourth-order valence-electron chi connectivity index (χ4n) is 1.82. The lowest BCUT2D eigenvalue weighted by molar-refractivity contribution is 0.273. The van der Waals surface area contributed by atoms with Crippen LogP contribution in [0.2, 0.25) is 0 Å². The van der Waals surface area contributed by atoms with Gasteiger partial charge in [0.05, 0.1) is 29.9 Å². The van der Waals surface area contributed by atoms with Gasteiger partial charge in [0.15, 0.2) is 0 Å². The van der Waals surface area contributed by atoms with E-state index in [9.17, 15) is 0 Å². The maximum atomic E-state index is 8.92. The smallest absolute Gasteiger partial charge is 0.138 e. The lowest BCUT2D eigenvalue weighted by Gasteiger charge is -2.07. The Kier molecular flexibility index (Phi) is 4.52. The fraction of sp³-hybridized carbons (Fsp3) is 0.429. The van der Waals surface area contributed by atoms with E-state index < -0.39 is 0 Å². The van der Waals surface area contributed by atoms with Crippen molar-refractivity contribution in [3.8, 4) is 5.75 Å². The first kappa shape index (κ1) is 13.5. The van der Waals surface area contributed by atoms with Crippen molar-refractivity contribution in [2.45, 2.75) is 40.0 Å². The molecule has 2 aromatic rings. The molecule has 0 unspecified atom stereocenters. The minimum atomic E-state index is -0.0528. The van der Waals surface area contributed by atoms with Gasteiger partial charge in [-0.3, -0.25) is 9.67 Å². The van der Waals surface area contributed by atoms with Gasteiger partial charge in [-0.05, 0) is 31.5 Å². The van der Waals surface area contributed by atoms with Gasteiger partial charge in [-0.2, -0.15) is 5.10 Å². The highest BCUT2D eigenvalue weighted by Crippen LogP contribution is 2.13. The highest BCUT2D eigenvalue weighted by Gasteiger charge is 2.06. The second kappa shape index (κ2) is 6.33. The van der Waals surface area contributed by atoms with Crippen LogP contribution in [0, 0.1) is 0 Å². The number of hydrogen-bond acceptors (Lipinski definition) is 4. The Morgan fingerprint density at radius 2 is 2.11 bits per heavy atom. The number of aliphatic hydroxyl groups is 1. The summed E-state index contributed by atoms with van der Waals surface area (Å²) >= 11 is 0. The van der Waals surface area contributed by atoms with Crippen molar-refractivity contribution in [2.75, 3.05) is 0 Å². The highest BCUT2D eigenvalue weighted by atomic mass is 16.5. The second-order valence-electron chi connectivity index (χ2n) is 4.23. The zero-order valence-electron chi connectivity index (χ0n) is 11.3. The number of hydrogen-bond donors (Lipinski definition) is 1. The summed E-state index contributed by atoms with van der Waals surface area (Å²) in [7, 11) is 0. The van der Waals surface area contributed by atoms with Crippen LogP contribution < -0.4 is 4.74 Å². The number of aromatic nitrogens is 3. The Morgan fingerprint density at radius 1 is 1.26 bits per heavy atom. The van der Waals surface area contributed by atoms with Crippen LogP contribution in [0.25, 0.3) is 0 Å². The van der Waals surface area contributed by atoms with Crippen molar-refractivity contribution in [1.29, 1.82) is 0 Å². The lowest BCUT2D eigenvalue weighted by atomic mass is 10.3. The average molecular weight is 261 g/mol. The van der Waals surface area contributed by atoms with Gasteiger partial charge in [0, 0.05) is 6.54 Å². The topological polar surface area (TPSA) is 60.2 Å². The Morgan fingerprint density at radius 3 is 2.68 bits per heavy atom. The lowest BCUT2D eigenvalue weighted by Crippen LogP contribution is -2.06. The minimum Gasteiger partial charge on any atom is -0.486 e. The molecule has 0 amide bonds. The summed E-state index contributed by atoms with van der Waals surface area (Å²) in [4.78, 5) is 4.08. The maximum absolute atomic E-state index is 8.92. The van der Waals surface area contributed by atoms with E-state index >= 15 is 0 Å². The zero-order valence-corrected chi connectivity index (χ0v) is 11.3. The van der Waals surface area contributed by atoms with Crippen LogP contribution in [-0.2, 0) is 26.2 Å². The molecule has 2 heterocycles. The number of rotatable bonds is 6. The summed E-state index contributed by atoms with van der Waals surface area (Å²) in [6.07, 6.45) is 2.55. The molecule has 102 valence electrons. The molecule has 0 aliphatic rings. The Bertz CT molecular complexity index is 520. The summed E-state index contributed by atoms with van der Waals surface area (Å²) in [6, 6.07) is 5.63. The normalized spacial score (nSPS) is 10.7. The third-order valence-electron chi connectivity index (χ3n) is 2.92. The van der Waals surface area contributed by atoms with Crippen molar-refractivity contribution >= 4 is 0 Å². The summed E-state index contributed by atoms with van der Waals surface area (Å²) in [5.74, 6) is 0.694. The number of ether oxygens (including phenoxy) is 1. The molecular weight excluding hydrogens is 242 g/mol. The first-order valence-corrected chi connectivity index (χ1v) is 6.51. The average Bonchev–Trinajstić information content (AvgIpc) is 2.88. The molecule has 0 atom stereocenters. The molecule has 5 heteroatoms. The molecule has 0 saturated heterocycles. The van der Waals surface area contributed by atoms with Crippen LogP contribution in [0.3, 0.4) is 0 Å². The molecular formula is C14H19N3O2. The van der Waals surface area contributed by atoms with Gasteiger partial charge >= 0.3 is 0 Å². The maximum Gasteiger partial charge on any atom is 0.138 e. The van der Waals surface area contributed by atoms with E-state index in [2.05, 4.69) is 30.0 Å². The fourth-order valence-corrected chi connectivity index (χ4v) is 1.82. The van der Waals surface area contributed by atoms with Gasteiger partial charge in [0.25, 0.3) is 0 Å². The predicted octanol–water partition coefficient (Wildman–Crippen LogP) is 1.93. The van der Waals surface area contributed by atoms with Crippen LogP contribution in [0.15, 0.2) is 24.4 Å². The Hall–Kier alpha value is -1.88. The van der Waals surface area contributed by atoms with Gasteiger partial charge in [-0.25, -0.2) is 0 Å². The molecule has 2 rings (SSSR count). The summed E-state index contributed by atoms with van der Waals surface area (Å²) < 4.78 is 7.64. The highest BCUT2D eigenvalue weighted by molar-refractivity contribution is 5.20. The monoisotopic (exact) mass is 261 g/mol. The van der Waals surface area contributed by atoms with Crippen LogP contribution >= 0.6 is 0 Å². The molecule has 1 N–H and O–H groups in total. The van der Waals surface area contributed by atoms with Crippen LogP contribution in [0.1, 0.15) is 30.9 Å². The number of pyridine rings is 1. The third kappa shape index (κ3) is 3.32. The zero-order chi connectivity index (χ0) is 13.7. The van der Waals surface area contributed by atoms with Crippen LogP contribution in [0.5, 0.6) is 5.75 Å². The summed E-state index contributed by atoms with van der Waals surface area (Å²) in [6.45, 7) is 5.40. The van der Waals surface area contributed by atoms with Crippen LogP contribution in [0.4, 0.5) is 0 Å². The molecule has 0 aliphatic carbocycles. The van der Waals surface area contributed by atoms with E-state index in [-0.39, 0.29) is 6.61 Å². The molecule has 0 aromatic carbocycles. The third-order valence-corrected chi connectivity index (χ3v) is 2.92. The molecule has 0 aliphatic heterocycles. The first-order chi connectivity index (χ1) is 9.26. The number of aryl methyl sites for hydroxylation is 2. The molecule has 0 bridgehead atoms. The summed E-state index contributed by atoms with van der Waals surface area (Å²) in [5.41, 5.74) is 2.78. The second-order valence-corrected chi connectivity index (χ2v) is 4.23. The van der Waals surface area contributed by atoms with Crippen molar-refractivity contribution in [3.63, 3.8) is 0 Å². The SMILES string of the molecule is CCc1cc(COc2ccc(CO)nc2)n(CC)n1. The largest absolute Gasteiger partial charge is 0.486 e. The van der Waals surface area contributed by atoms with Gasteiger partial charge in [-0.1, -0.05) is 6.92 Å². The van der Waals surface area contributed by atoms with Crippen molar-refractivity contribution < 1.29 is 9.84 Å². The van der Waals surface area contributed by atoms with Crippen molar-refractivity contribution in [3.05, 3.63) is 41.5 Å². The van der Waals surface area contributed by atoms with E-state index in [1.165, 1.54) is 0 Å². The quantitative estimate of drug-likeness (QED) is 0.863. The van der Waals surface area contributed by atoms with E-state index in [0.29, 0.717) is 18.1 Å². The molecule has 2 aromatic heterocycles. The Labute approximate surface area is 112 Å². The number of aliphatic hydroxyl groups excluding tert-OH is 1. The molecule has 19 heavy (non-hydrogen) atoms. The molecule has 0 fully saturated rings. The van der Waals surface area contributed by atoms with Crippen molar-refractivity contribution in [1.82, 2.24) is 14.8 Å². The van der Waals surface area contributed by atoms with Crippen molar-refractivity contribution in [2.24, 2.45) is 0 Å². The van der Waals surface area contributed by atoms with E-state index in [1.807, 2.05) is 10.7 Å². The Balaban J connectivity index is 2.02. The van der Waals surface area contributed by atoms with E-state index in [4.69, 9.17) is 9.84 Å². The van der Waals surface area contributed by atoms with E-state index in [0.717, 1.165) is 24.4 Å². The van der Waals surface area contributed by atoms with Gasteiger partial charge in [0.1, 0.15) is 12.4 Å². The predicted molar refractivity (Wildman–Crippen MR) is 71.8 cm³/mol. The number of nitrogens with zero attached hydrogens (tertiary/aromatic N) is 3. The molecule has 0 spiro atoms. The molecule has 0 radical (unpaired) electrons. The van der Waals surface area contributed by atoms with E-state index in [1.54, 1.807) is 12.3 Å². The van der Waals surface area contributed by atoms with Gasteiger partial charge in [-0.15, -0.1) is 0 Å². The summed E-state index contributed by atoms with van der Waals surface area (Å²) in [5, 5.41) is 13.4. The molecule has 5 nitrogen and oxygen atoms in total. The first-order valence-electron chi connectivity index (χ1n) is 6.51. The minimum absolute atomic E-state index is 0.0528. The molecule has 0 saturated carbocycles.